The molecule has 0 saturated carbocycles. The zero-order valence-corrected chi connectivity index (χ0v) is 12.8. The first-order valence-electron chi connectivity index (χ1n) is 6.52. The SMILES string of the molecule is Cc1cc(C)c(C(=O)NC2(C)CCS(=O)(=O)C2)cc1N. The zero-order chi connectivity index (χ0) is 15.1. The van der Waals surface area contributed by atoms with Crippen LogP contribution in [0.3, 0.4) is 0 Å². The Hall–Kier alpha value is -1.56. The van der Waals surface area contributed by atoms with Crippen LogP contribution in [0.2, 0.25) is 0 Å². The Labute approximate surface area is 119 Å². The molecule has 110 valence electrons. The molecule has 3 N–H and O–H groups in total. The number of sulfone groups is 1. The number of rotatable bonds is 2. The van der Waals surface area contributed by atoms with Crippen LogP contribution in [0, 0.1) is 13.8 Å². The number of carbonyl (C=O) groups excluding carboxylic acids is 1. The zero-order valence-electron chi connectivity index (χ0n) is 12.0. The molecule has 1 aromatic carbocycles. The van der Waals surface area contributed by atoms with Crippen molar-refractivity contribution in [3.05, 3.63) is 28.8 Å². The molecule has 0 spiro atoms. The van der Waals surface area contributed by atoms with Crippen LogP contribution in [0.4, 0.5) is 5.69 Å². The highest BCUT2D eigenvalue weighted by Crippen LogP contribution is 2.24. The van der Waals surface area contributed by atoms with Crippen LogP contribution in [-0.4, -0.2) is 31.4 Å². The van der Waals surface area contributed by atoms with Gasteiger partial charge in [0.25, 0.3) is 5.91 Å². The van der Waals surface area contributed by atoms with Crippen molar-refractivity contribution in [2.45, 2.75) is 32.7 Å². The molecule has 1 unspecified atom stereocenters. The van der Waals surface area contributed by atoms with Crippen LogP contribution < -0.4 is 11.1 Å². The van der Waals surface area contributed by atoms with Gasteiger partial charge < -0.3 is 11.1 Å². The van der Waals surface area contributed by atoms with Crippen molar-refractivity contribution < 1.29 is 13.2 Å². The van der Waals surface area contributed by atoms with E-state index >= 15 is 0 Å². The summed E-state index contributed by atoms with van der Waals surface area (Å²) in [6.07, 6.45) is 0.446. The minimum absolute atomic E-state index is 0.00781. The van der Waals surface area contributed by atoms with Gasteiger partial charge >= 0.3 is 0 Å². The minimum atomic E-state index is -3.05. The monoisotopic (exact) mass is 296 g/mol. The third-order valence-corrected chi connectivity index (χ3v) is 5.68. The van der Waals surface area contributed by atoms with Gasteiger partial charge in [-0.1, -0.05) is 6.07 Å². The predicted octanol–water partition coefficient (Wildman–Crippen LogP) is 1.19. The molecular weight excluding hydrogens is 276 g/mol. The number of nitrogen functional groups attached to an aromatic ring is 1. The number of nitrogens with two attached hydrogens (primary N) is 1. The normalized spacial score (nSPS) is 24.6. The molecule has 1 aliphatic rings. The number of carbonyl (C=O) groups is 1. The molecule has 0 bridgehead atoms. The molecule has 1 aliphatic heterocycles. The molecule has 1 fully saturated rings. The quantitative estimate of drug-likeness (QED) is 0.802. The molecule has 20 heavy (non-hydrogen) atoms. The van der Waals surface area contributed by atoms with E-state index in [9.17, 15) is 13.2 Å². The summed E-state index contributed by atoms with van der Waals surface area (Å²) in [5.74, 6) is -0.154. The number of benzene rings is 1. The van der Waals surface area contributed by atoms with Gasteiger partial charge in [0.15, 0.2) is 9.84 Å². The van der Waals surface area contributed by atoms with Gasteiger partial charge in [-0.3, -0.25) is 4.79 Å². The lowest BCUT2D eigenvalue weighted by Gasteiger charge is -2.24. The number of hydrogen-bond donors (Lipinski definition) is 2. The lowest BCUT2D eigenvalue weighted by molar-refractivity contribution is 0.0915. The van der Waals surface area contributed by atoms with E-state index in [2.05, 4.69) is 5.32 Å². The predicted molar refractivity (Wildman–Crippen MR) is 79.5 cm³/mol. The highest BCUT2D eigenvalue weighted by atomic mass is 32.2. The van der Waals surface area contributed by atoms with Gasteiger partial charge in [-0.25, -0.2) is 8.42 Å². The number of aryl methyl sites for hydroxylation is 2. The molecule has 1 aromatic rings. The molecule has 1 heterocycles. The standard InChI is InChI=1S/C14H20N2O3S/c1-9-6-10(2)12(15)7-11(9)13(17)16-14(3)4-5-20(18,19)8-14/h6-7H,4-5,8,15H2,1-3H3,(H,16,17). The van der Waals surface area contributed by atoms with E-state index in [4.69, 9.17) is 5.73 Å². The van der Waals surface area contributed by atoms with E-state index in [0.717, 1.165) is 11.1 Å². The maximum Gasteiger partial charge on any atom is 0.252 e. The van der Waals surface area contributed by atoms with Gasteiger partial charge in [-0.15, -0.1) is 0 Å². The Morgan fingerprint density at radius 1 is 1.30 bits per heavy atom. The van der Waals surface area contributed by atoms with Crippen LogP contribution >= 0.6 is 0 Å². The fourth-order valence-electron chi connectivity index (χ4n) is 2.56. The third kappa shape index (κ3) is 2.95. The van der Waals surface area contributed by atoms with Gasteiger partial charge in [0, 0.05) is 11.3 Å². The number of anilines is 1. The summed E-state index contributed by atoms with van der Waals surface area (Å²) in [5.41, 5.74) is 7.96. The van der Waals surface area contributed by atoms with Crippen LogP contribution in [0.5, 0.6) is 0 Å². The Morgan fingerprint density at radius 2 is 1.95 bits per heavy atom. The third-order valence-electron chi connectivity index (χ3n) is 3.78. The van der Waals surface area contributed by atoms with Crippen molar-refractivity contribution >= 4 is 21.4 Å². The van der Waals surface area contributed by atoms with E-state index in [-0.39, 0.29) is 17.4 Å². The first-order chi connectivity index (χ1) is 9.12. The highest BCUT2D eigenvalue weighted by molar-refractivity contribution is 7.91. The first-order valence-corrected chi connectivity index (χ1v) is 8.34. The van der Waals surface area contributed by atoms with E-state index in [1.54, 1.807) is 13.0 Å². The number of hydrogen-bond acceptors (Lipinski definition) is 4. The number of amides is 1. The lowest BCUT2D eigenvalue weighted by atomic mass is 9.99. The summed E-state index contributed by atoms with van der Waals surface area (Å²) in [6.45, 7) is 5.49. The molecule has 1 atom stereocenters. The van der Waals surface area contributed by atoms with Crippen LogP contribution in [0.1, 0.15) is 34.8 Å². The molecule has 5 nitrogen and oxygen atoms in total. The smallest absolute Gasteiger partial charge is 0.252 e. The van der Waals surface area contributed by atoms with E-state index in [0.29, 0.717) is 17.7 Å². The lowest BCUT2D eigenvalue weighted by Crippen LogP contribution is -2.47. The molecule has 2 rings (SSSR count). The summed E-state index contributed by atoms with van der Waals surface area (Å²) in [6, 6.07) is 3.50. The summed E-state index contributed by atoms with van der Waals surface area (Å²) in [5, 5.41) is 2.84. The fourth-order valence-corrected chi connectivity index (χ4v) is 4.66. The van der Waals surface area contributed by atoms with Crippen LogP contribution in [0.25, 0.3) is 0 Å². The Bertz CT molecular complexity index is 667. The van der Waals surface area contributed by atoms with E-state index in [1.807, 2.05) is 19.9 Å². The highest BCUT2D eigenvalue weighted by Gasteiger charge is 2.39. The van der Waals surface area contributed by atoms with Gasteiger partial charge in [-0.05, 0) is 44.4 Å². The molecule has 0 aliphatic carbocycles. The molecular formula is C14H20N2O3S. The van der Waals surface area contributed by atoms with Crippen LogP contribution in [0.15, 0.2) is 12.1 Å². The molecule has 0 aromatic heterocycles. The first kappa shape index (κ1) is 14.8. The van der Waals surface area contributed by atoms with Gasteiger partial charge in [0.05, 0.1) is 17.0 Å². The fraction of sp³-hybridized carbons (Fsp3) is 0.500. The van der Waals surface area contributed by atoms with Crippen molar-refractivity contribution in [3.63, 3.8) is 0 Å². The van der Waals surface area contributed by atoms with Gasteiger partial charge in [0.2, 0.25) is 0 Å². The maximum absolute atomic E-state index is 12.3. The van der Waals surface area contributed by atoms with E-state index < -0.39 is 15.4 Å². The molecule has 6 heteroatoms. The summed E-state index contributed by atoms with van der Waals surface area (Å²) in [7, 11) is -3.05. The minimum Gasteiger partial charge on any atom is -0.398 e. The summed E-state index contributed by atoms with van der Waals surface area (Å²) in [4.78, 5) is 12.3. The summed E-state index contributed by atoms with van der Waals surface area (Å²) >= 11 is 0. The molecule has 0 radical (unpaired) electrons. The van der Waals surface area contributed by atoms with Crippen molar-refractivity contribution in [1.29, 1.82) is 0 Å². The van der Waals surface area contributed by atoms with Crippen molar-refractivity contribution in [2.24, 2.45) is 0 Å². The Morgan fingerprint density at radius 3 is 2.50 bits per heavy atom. The maximum atomic E-state index is 12.3. The van der Waals surface area contributed by atoms with Crippen molar-refractivity contribution in [1.82, 2.24) is 5.32 Å². The molecule has 1 amide bonds. The topological polar surface area (TPSA) is 89.3 Å². The average Bonchev–Trinajstić information content (AvgIpc) is 2.57. The number of nitrogens with one attached hydrogen (secondary N) is 1. The summed E-state index contributed by atoms with van der Waals surface area (Å²) < 4.78 is 23.1. The largest absolute Gasteiger partial charge is 0.398 e. The van der Waals surface area contributed by atoms with Crippen molar-refractivity contribution in [2.75, 3.05) is 17.2 Å². The van der Waals surface area contributed by atoms with Gasteiger partial charge in [0.1, 0.15) is 0 Å². The second-order valence-electron chi connectivity index (χ2n) is 5.88. The van der Waals surface area contributed by atoms with E-state index in [1.165, 1.54) is 0 Å². The van der Waals surface area contributed by atoms with Crippen molar-refractivity contribution in [3.8, 4) is 0 Å². The second-order valence-corrected chi connectivity index (χ2v) is 8.06. The van der Waals surface area contributed by atoms with Gasteiger partial charge in [-0.2, -0.15) is 0 Å². The Balaban J connectivity index is 2.23. The Kier molecular flexibility index (Phi) is 3.54. The van der Waals surface area contributed by atoms with Crippen LogP contribution in [-0.2, 0) is 9.84 Å². The molecule has 1 saturated heterocycles. The second kappa shape index (κ2) is 4.77. The average molecular weight is 296 g/mol.